The quantitative estimate of drug-likeness (QED) is 0.912. The van der Waals surface area contributed by atoms with Crippen molar-refractivity contribution in [2.24, 2.45) is 0 Å². The molecule has 0 saturated carbocycles. The van der Waals surface area contributed by atoms with Crippen molar-refractivity contribution in [1.29, 1.82) is 0 Å². The third-order valence-corrected chi connectivity index (χ3v) is 5.16. The van der Waals surface area contributed by atoms with Crippen molar-refractivity contribution in [3.8, 4) is 0 Å². The summed E-state index contributed by atoms with van der Waals surface area (Å²) in [4.78, 5) is 14.8. The number of urea groups is 1. The van der Waals surface area contributed by atoms with Gasteiger partial charge in [-0.05, 0) is 43.9 Å². The summed E-state index contributed by atoms with van der Waals surface area (Å²) in [5.41, 5.74) is 1.12. The molecule has 2 amide bonds. The Morgan fingerprint density at radius 3 is 3.12 bits per heavy atom. The zero-order chi connectivity index (χ0) is 17.2. The Kier molecular flexibility index (Phi) is 4.53. The lowest BCUT2D eigenvalue weighted by atomic mass is 9.93. The van der Waals surface area contributed by atoms with E-state index in [9.17, 15) is 4.79 Å². The van der Waals surface area contributed by atoms with Crippen molar-refractivity contribution >= 4 is 6.03 Å². The van der Waals surface area contributed by atoms with Crippen molar-refractivity contribution in [3.05, 3.63) is 47.3 Å². The minimum atomic E-state index is -0.0220. The van der Waals surface area contributed by atoms with Crippen LogP contribution in [-0.2, 0) is 17.8 Å². The van der Waals surface area contributed by atoms with Gasteiger partial charge in [-0.1, -0.05) is 0 Å². The van der Waals surface area contributed by atoms with Crippen molar-refractivity contribution < 1.29 is 18.4 Å². The fourth-order valence-electron chi connectivity index (χ4n) is 3.97. The van der Waals surface area contributed by atoms with Gasteiger partial charge in [0.1, 0.15) is 23.9 Å². The molecule has 134 valence electrons. The molecule has 2 aromatic heterocycles. The van der Waals surface area contributed by atoms with E-state index in [4.69, 9.17) is 13.6 Å². The van der Waals surface area contributed by atoms with E-state index in [2.05, 4.69) is 5.32 Å². The van der Waals surface area contributed by atoms with Gasteiger partial charge >= 0.3 is 6.03 Å². The van der Waals surface area contributed by atoms with Crippen LogP contribution in [0.5, 0.6) is 0 Å². The van der Waals surface area contributed by atoms with Gasteiger partial charge < -0.3 is 23.8 Å². The third-order valence-electron chi connectivity index (χ3n) is 5.16. The molecule has 4 rings (SSSR count). The van der Waals surface area contributed by atoms with Crippen LogP contribution >= 0.6 is 0 Å². The molecule has 2 aromatic rings. The van der Waals surface area contributed by atoms with Gasteiger partial charge in [-0.25, -0.2) is 4.79 Å². The van der Waals surface area contributed by atoms with E-state index < -0.39 is 0 Å². The summed E-state index contributed by atoms with van der Waals surface area (Å²) in [6, 6.07) is 5.87. The molecule has 1 aliphatic heterocycles. The number of hydrogen-bond acceptors (Lipinski definition) is 4. The molecule has 2 atom stereocenters. The van der Waals surface area contributed by atoms with Crippen molar-refractivity contribution in [2.45, 2.75) is 50.8 Å². The van der Waals surface area contributed by atoms with Gasteiger partial charge in [0, 0.05) is 25.6 Å². The van der Waals surface area contributed by atoms with E-state index in [1.807, 2.05) is 23.1 Å². The Hall–Kier alpha value is -2.21. The van der Waals surface area contributed by atoms with E-state index in [1.54, 1.807) is 13.4 Å². The molecule has 3 heterocycles. The molecule has 0 aromatic carbocycles. The number of furan rings is 2. The Balaban J connectivity index is 1.46. The largest absolute Gasteiger partial charge is 0.469 e. The highest BCUT2D eigenvalue weighted by molar-refractivity contribution is 5.75. The van der Waals surface area contributed by atoms with Crippen LogP contribution in [-0.4, -0.2) is 24.6 Å². The molecule has 0 radical (unpaired) electrons. The minimum Gasteiger partial charge on any atom is -0.469 e. The second kappa shape index (κ2) is 6.96. The summed E-state index contributed by atoms with van der Waals surface area (Å²) < 4.78 is 16.5. The van der Waals surface area contributed by atoms with Crippen LogP contribution in [0.25, 0.3) is 0 Å². The van der Waals surface area contributed by atoms with Crippen molar-refractivity contribution in [2.75, 3.05) is 13.7 Å². The SMILES string of the molecule is COCc1ccc([C@H]2CCCN2C(=O)N[C@@H]2CCCc3occc32)o1. The van der Waals surface area contributed by atoms with Gasteiger partial charge in [-0.2, -0.15) is 0 Å². The summed E-state index contributed by atoms with van der Waals surface area (Å²) in [5.74, 6) is 2.64. The smallest absolute Gasteiger partial charge is 0.318 e. The molecule has 2 aliphatic rings. The van der Waals surface area contributed by atoms with Gasteiger partial charge in [-0.15, -0.1) is 0 Å². The number of nitrogens with zero attached hydrogens (tertiary/aromatic N) is 1. The summed E-state index contributed by atoms with van der Waals surface area (Å²) in [6.07, 6.45) is 6.57. The molecular weight excluding hydrogens is 320 g/mol. The van der Waals surface area contributed by atoms with Gasteiger partial charge in [0.25, 0.3) is 0 Å². The van der Waals surface area contributed by atoms with Crippen LogP contribution in [0.15, 0.2) is 33.3 Å². The fourth-order valence-corrected chi connectivity index (χ4v) is 3.97. The molecule has 25 heavy (non-hydrogen) atoms. The van der Waals surface area contributed by atoms with Crippen molar-refractivity contribution in [3.63, 3.8) is 0 Å². The van der Waals surface area contributed by atoms with Crippen molar-refractivity contribution in [1.82, 2.24) is 10.2 Å². The van der Waals surface area contributed by atoms with Crippen LogP contribution in [0.3, 0.4) is 0 Å². The van der Waals surface area contributed by atoms with Gasteiger partial charge in [0.2, 0.25) is 0 Å². The topological polar surface area (TPSA) is 67.8 Å². The first-order valence-electron chi connectivity index (χ1n) is 8.97. The third kappa shape index (κ3) is 3.18. The van der Waals surface area contributed by atoms with E-state index in [1.165, 1.54) is 0 Å². The van der Waals surface area contributed by atoms with Gasteiger partial charge in [0.15, 0.2) is 0 Å². The number of ether oxygens (including phenoxy) is 1. The van der Waals surface area contributed by atoms with Gasteiger partial charge in [-0.3, -0.25) is 0 Å². The number of nitrogens with one attached hydrogen (secondary N) is 1. The normalized spacial score (nSPS) is 22.8. The predicted octanol–water partition coefficient (Wildman–Crippen LogP) is 3.94. The van der Waals surface area contributed by atoms with Crippen LogP contribution in [0.2, 0.25) is 0 Å². The minimum absolute atomic E-state index is 0.00184. The maximum Gasteiger partial charge on any atom is 0.318 e. The first-order chi connectivity index (χ1) is 12.3. The van der Waals surface area contributed by atoms with E-state index in [0.29, 0.717) is 6.61 Å². The van der Waals surface area contributed by atoms with Crippen LogP contribution in [0.1, 0.15) is 60.6 Å². The molecule has 1 fully saturated rings. The van der Waals surface area contributed by atoms with E-state index in [0.717, 1.165) is 61.5 Å². The number of methoxy groups -OCH3 is 1. The summed E-state index contributed by atoms with van der Waals surface area (Å²) in [7, 11) is 1.64. The van der Waals surface area contributed by atoms with E-state index >= 15 is 0 Å². The molecule has 0 unspecified atom stereocenters. The summed E-state index contributed by atoms with van der Waals surface area (Å²) in [5, 5.41) is 3.20. The molecule has 6 heteroatoms. The molecular formula is C19H24N2O4. The molecule has 1 N–H and O–H groups in total. The number of amides is 2. The number of rotatable bonds is 4. The molecule has 1 aliphatic carbocycles. The monoisotopic (exact) mass is 344 g/mol. The molecule has 1 saturated heterocycles. The fraction of sp³-hybridized carbons (Fsp3) is 0.526. The summed E-state index contributed by atoms with van der Waals surface area (Å²) in [6.45, 7) is 1.20. The zero-order valence-electron chi connectivity index (χ0n) is 14.5. The van der Waals surface area contributed by atoms with Gasteiger partial charge in [0.05, 0.1) is 18.3 Å². The van der Waals surface area contributed by atoms with Crippen LogP contribution in [0, 0.1) is 0 Å². The number of carbonyl (C=O) groups excluding carboxylic acids is 1. The number of fused-ring (bicyclic) bond motifs is 1. The Bertz CT molecular complexity index is 735. The first kappa shape index (κ1) is 16.3. The number of aryl methyl sites for hydroxylation is 1. The maximum atomic E-state index is 12.9. The lowest BCUT2D eigenvalue weighted by Crippen LogP contribution is -2.41. The van der Waals surface area contributed by atoms with E-state index in [-0.39, 0.29) is 18.1 Å². The Labute approximate surface area is 147 Å². The number of carbonyl (C=O) groups is 1. The zero-order valence-corrected chi connectivity index (χ0v) is 14.5. The Morgan fingerprint density at radius 2 is 2.24 bits per heavy atom. The standard InChI is InChI=1S/C19H24N2O4/c1-23-12-13-7-8-18(25-13)16-5-3-10-21(16)19(22)20-15-4-2-6-17-14(15)9-11-24-17/h7-9,11,15-16H,2-6,10,12H2,1H3,(H,20,22)/t15-,16-/m1/s1. The van der Waals surface area contributed by atoms with Crippen LogP contribution in [0.4, 0.5) is 4.79 Å². The molecule has 0 bridgehead atoms. The first-order valence-corrected chi connectivity index (χ1v) is 8.97. The lowest BCUT2D eigenvalue weighted by Gasteiger charge is -2.28. The predicted molar refractivity (Wildman–Crippen MR) is 91.0 cm³/mol. The van der Waals surface area contributed by atoms with Crippen LogP contribution < -0.4 is 5.32 Å². The highest BCUT2D eigenvalue weighted by Gasteiger charge is 2.34. The highest BCUT2D eigenvalue weighted by atomic mass is 16.5. The second-order valence-corrected chi connectivity index (χ2v) is 6.78. The number of hydrogen-bond donors (Lipinski definition) is 1. The maximum absolute atomic E-state index is 12.9. The Morgan fingerprint density at radius 1 is 1.32 bits per heavy atom. The number of likely N-dealkylation sites (tertiary alicyclic amines) is 1. The molecule has 6 nitrogen and oxygen atoms in total. The lowest BCUT2D eigenvalue weighted by molar-refractivity contribution is 0.155. The second-order valence-electron chi connectivity index (χ2n) is 6.78. The molecule has 0 spiro atoms. The summed E-state index contributed by atoms with van der Waals surface area (Å²) >= 11 is 0. The average Bonchev–Trinajstić information content (AvgIpc) is 3.35. The highest BCUT2D eigenvalue weighted by Crippen LogP contribution is 2.35. The average molecular weight is 344 g/mol.